The minimum Gasteiger partial charge on any atom is -0.328 e. The first-order valence-electron chi connectivity index (χ1n) is 10.1. The Balaban J connectivity index is 1.25. The molecule has 1 aromatic heterocycles. The summed E-state index contributed by atoms with van der Waals surface area (Å²) >= 11 is 0. The number of aromatic nitrogens is 2. The number of hydrogen-bond acceptors (Lipinski definition) is 3. The molecule has 2 aliphatic rings. The van der Waals surface area contributed by atoms with Crippen molar-refractivity contribution in [2.75, 3.05) is 16.8 Å². The number of fused-ring (bicyclic) bond motifs is 1. The molecule has 0 spiro atoms. The molecule has 3 aromatic rings. The van der Waals surface area contributed by atoms with Crippen molar-refractivity contribution >= 4 is 23.2 Å². The standard InChI is InChI=1S/C23H21FN4O2/c24-17-5-9-19(10-6-17)28-14-16(12-22(28)29)23(30)26-18-7-3-15(4-8-18)20-13-25-21-2-1-11-27(20)21/h3-10,13,16H,1-2,11-12,14H2,(H,26,30). The third-order valence-corrected chi connectivity index (χ3v) is 5.80. The van der Waals surface area contributed by atoms with E-state index in [-0.39, 0.29) is 30.6 Å². The zero-order valence-electron chi connectivity index (χ0n) is 16.3. The molecule has 3 heterocycles. The number of carbonyl (C=O) groups is 2. The van der Waals surface area contributed by atoms with Gasteiger partial charge in [0.2, 0.25) is 11.8 Å². The number of benzene rings is 2. The number of nitrogens with one attached hydrogen (secondary N) is 1. The maximum atomic E-state index is 13.1. The van der Waals surface area contributed by atoms with Gasteiger partial charge in [-0.05, 0) is 48.4 Å². The Bertz CT molecular complexity index is 1110. The van der Waals surface area contributed by atoms with Crippen molar-refractivity contribution in [3.8, 4) is 11.3 Å². The Labute approximate surface area is 173 Å². The number of halogens is 1. The van der Waals surface area contributed by atoms with Gasteiger partial charge in [0.15, 0.2) is 0 Å². The number of amides is 2. The molecule has 1 fully saturated rings. The maximum absolute atomic E-state index is 13.1. The molecule has 6 nitrogen and oxygen atoms in total. The Morgan fingerprint density at radius 3 is 2.63 bits per heavy atom. The van der Waals surface area contributed by atoms with Crippen LogP contribution in [0.15, 0.2) is 54.7 Å². The monoisotopic (exact) mass is 404 g/mol. The van der Waals surface area contributed by atoms with E-state index < -0.39 is 5.92 Å². The van der Waals surface area contributed by atoms with Gasteiger partial charge in [-0.25, -0.2) is 9.37 Å². The molecule has 30 heavy (non-hydrogen) atoms. The SMILES string of the molecule is O=C(Nc1ccc(-c2cnc3n2CCC3)cc1)C1CC(=O)N(c2ccc(F)cc2)C1. The molecular weight excluding hydrogens is 383 g/mol. The summed E-state index contributed by atoms with van der Waals surface area (Å²) < 4.78 is 15.4. The van der Waals surface area contributed by atoms with E-state index in [1.54, 1.807) is 12.1 Å². The van der Waals surface area contributed by atoms with E-state index in [0.29, 0.717) is 11.4 Å². The van der Waals surface area contributed by atoms with Crippen LogP contribution in [-0.2, 0) is 22.6 Å². The third-order valence-electron chi connectivity index (χ3n) is 5.80. The second-order valence-corrected chi connectivity index (χ2v) is 7.76. The lowest BCUT2D eigenvalue weighted by Crippen LogP contribution is -2.28. The summed E-state index contributed by atoms with van der Waals surface area (Å²) in [5.41, 5.74) is 3.45. The average Bonchev–Trinajstić information content (AvgIpc) is 3.45. The van der Waals surface area contributed by atoms with Gasteiger partial charge in [-0.3, -0.25) is 9.59 Å². The molecule has 0 bridgehead atoms. The molecule has 1 unspecified atom stereocenters. The first-order chi connectivity index (χ1) is 14.6. The van der Waals surface area contributed by atoms with Crippen LogP contribution in [0.5, 0.6) is 0 Å². The highest BCUT2D eigenvalue weighted by atomic mass is 19.1. The fraction of sp³-hybridized carbons (Fsp3) is 0.261. The summed E-state index contributed by atoms with van der Waals surface area (Å²) in [6, 6.07) is 13.4. The summed E-state index contributed by atoms with van der Waals surface area (Å²) in [7, 11) is 0. The third kappa shape index (κ3) is 3.36. The van der Waals surface area contributed by atoms with Gasteiger partial charge in [-0.15, -0.1) is 0 Å². The van der Waals surface area contributed by atoms with Crippen molar-refractivity contribution in [3.63, 3.8) is 0 Å². The molecule has 1 N–H and O–H groups in total. The maximum Gasteiger partial charge on any atom is 0.229 e. The number of rotatable bonds is 4. The van der Waals surface area contributed by atoms with Gasteiger partial charge < -0.3 is 14.8 Å². The number of imidazole rings is 1. The highest BCUT2D eigenvalue weighted by Gasteiger charge is 2.35. The minimum absolute atomic E-state index is 0.133. The van der Waals surface area contributed by atoms with Gasteiger partial charge >= 0.3 is 0 Å². The second kappa shape index (κ2) is 7.40. The molecular formula is C23H21FN4O2. The number of aryl methyl sites for hydroxylation is 1. The first kappa shape index (κ1) is 18.5. The molecule has 1 saturated heterocycles. The van der Waals surface area contributed by atoms with Crippen LogP contribution in [0.4, 0.5) is 15.8 Å². The highest BCUT2D eigenvalue weighted by Crippen LogP contribution is 2.28. The molecule has 2 aliphatic heterocycles. The van der Waals surface area contributed by atoms with Gasteiger partial charge in [0.1, 0.15) is 11.6 Å². The van der Waals surface area contributed by atoms with E-state index in [2.05, 4.69) is 14.9 Å². The molecule has 5 rings (SSSR count). The van der Waals surface area contributed by atoms with Crippen LogP contribution >= 0.6 is 0 Å². The largest absolute Gasteiger partial charge is 0.328 e. The first-order valence-corrected chi connectivity index (χ1v) is 10.1. The molecule has 0 saturated carbocycles. The molecule has 7 heteroatoms. The number of hydrogen-bond donors (Lipinski definition) is 1. The molecule has 2 aromatic carbocycles. The quantitative estimate of drug-likeness (QED) is 0.722. The van der Waals surface area contributed by atoms with E-state index in [4.69, 9.17) is 0 Å². The van der Waals surface area contributed by atoms with Crippen molar-refractivity contribution in [2.24, 2.45) is 5.92 Å². The average molecular weight is 404 g/mol. The molecule has 1 atom stereocenters. The number of nitrogens with zero attached hydrogens (tertiary/aromatic N) is 3. The number of anilines is 2. The molecule has 0 radical (unpaired) electrons. The van der Waals surface area contributed by atoms with E-state index in [0.717, 1.165) is 36.5 Å². The summed E-state index contributed by atoms with van der Waals surface area (Å²) in [5, 5.41) is 2.91. The van der Waals surface area contributed by atoms with E-state index in [1.165, 1.54) is 17.0 Å². The normalized spacial score (nSPS) is 18.0. The smallest absolute Gasteiger partial charge is 0.229 e. The Morgan fingerprint density at radius 1 is 1.10 bits per heavy atom. The molecule has 2 amide bonds. The Kier molecular flexibility index (Phi) is 4.58. The van der Waals surface area contributed by atoms with Crippen LogP contribution in [-0.4, -0.2) is 27.9 Å². The van der Waals surface area contributed by atoms with Crippen molar-refractivity contribution in [1.82, 2.24) is 9.55 Å². The van der Waals surface area contributed by atoms with E-state index in [9.17, 15) is 14.0 Å². The lowest BCUT2D eigenvalue weighted by Gasteiger charge is -2.16. The van der Waals surface area contributed by atoms with Crippen LogP contribution < -0.4 is 10.2 Å². The van der Waals surface area contributed by atoms with Crippen LogP contribution in [0.2, 0.25) is 0 Å². The lowest BCUT2D eigenvalue weighted by atomic mass is 10.1. The van der Waals surface area contributed by atoms with Crippen LogP contribution in [0, 0.1) is 11.7 Å². The van der Waals surface area contributed by atoms with Crippen LogP contribution in [0.1, 0.15) is 18.7 Å². The Morgan fingerprint density at radius 2 is 1.87 bits per heavy atom. The van der Waals surface area contributed by atoms with E-state index in [1.807, 2.05) is 30.5 Å². The zero-order chi connectivity index (χ0) is 20.7. The predicted octanol–water partition coefficient (Wildman–Crippen LogP) is 3.63. The van der Waals surface area contributed by atoms with Crippen LogP contribution in [0.25, 0.3) is 11.3 Å². The van der Waals surface area contributed by atoms with Crippen LogP contribution in [0.3, 0.4) is 0 Å². The van der Waals surface area contributed by atoms with Crippen molar-refractivity contribution in [2.45, 2.75) is 25.8 Å². The second-order valence-electron chi connectivity index (χ2n) is 7.76. The molecule has 0 aliphatic carbocycles. The van der Waals surface area contributed by atoms with Gasteiger partial charge in [0.25, 0.3) is 0 Å². The van der Waals surface area contributed by atoms with Crippen molar-refractivity contribution in [1.29, 1.82) is 0 Å². The summed E-state index contributed by atoms with van der Waals surface area (Å²) in [5.74, 6) is 0.000914. The van der Waals surface area contributed by atoms with E-state index >= 15 is 0 Å². The molecule has 152 valence electrons. The number of carbonyl (C=O) groups excluding carboxylic acids is 2. The van der Waals surface area contributed by atoms with Gasteiger partial charge in [-0.2, -0.15) is 0 Å². The van der Waals surface area contributed by atoms with Crippen molar-refractivity contribution in [3.05, 3.63) is 66.4 Å². The topological polar surface area (TPSA) is 67.2 Å². The van der Waals surface area contributed by atoms with Crippen molar-refractivity contribution < 1.29 is 14.0 Å². The fourth-order valence-electron chi connectivity index (χ4n) is 4.21. The fourth-order valence-corrected chi connectivity index (χ4v) is 4.21. The lowest BCUT2D eigenvalue weighted by molar-refractivity contribution is -0.122. The Hall–Kier alpha value is -3.48. The van der Waals surface area contributed by atoms with Gasteiger partial charge in [-0.1, -0.05) is 12.1 Å². The summed E-state index contributed by atoms with van der Waals surface area (Å²) in [4.78, 5) is 31.0. The van der Waals surface area contributed by atoms with Gasteiger partial charge in [0.05, 0.1) is 17.8 Å². The summed E-state index contributed by atoms with van der Waals surface area (Å²) in [6.07, 6.45) is 4.18. The zero-order valence-corrected chi connectivity index (χ0v) is 16.3. The summed E-state index contributed by atoms with van der Waals surface area (Å²) in [6.45, 7) is 1.28. The predicted molar refractivity (Wildman–Crippen MR) is 111 cm³/mol. The van der Waals surface area contributed by atoms with Gasteiger partial charge in [0, 0.05) is 37.3 Å². The highest BCUT2D eigenvalue weighted by molar-refractivity contribution is 6.03. The minimum atomic E-state index is -0.444.